The normalized spacial score (nSPS) is 23.5. The molecule has 3 aliphatic carbocycles. The number of carbonyl (C=O) groups is 1. The summed E-state index contributed by atoms with van der Waals surface area (Å²) >= 11 is 5.82. The van der Waals surface area contributed by atoms with Crippen LogP contribution in [0.1, 0.15) is 32.1 Å². The Hall–Kier alpha value is -2.35. The Morgan fingerprint density at radius 3 is 2.50 bits per heavy atom. The van der Waals surface area contributed by atoms with Crippen LogP contribution in [0.5, 0.6) is 0 Å². The number of hydrogen-bond donors (Lipinski definition) is 1. The van der Waals surface area contributed by atoms with E-state index in [-0.39, 0.29) is 28.4 Å². The van der Waals surface area contributed by atoms with Crippen LogP contribution in [0.15, 0.2) is 18.2 Å². The molecule has 1 heterocycles. The van der Waals surface area contributed by atoms with E-state index in [1.54, 1.807) is 0 Å². The summed E-state index contributed by atoms with van der Waals surface area (Å²) in [5.41, 5.74) is 1.85. The number of benzene rings is 1. The third-order valence-electron chi connectivity index (χ3n) is 5.62. The second kappa shape index (κ2) is 7.58. The van der Waals surface area contributed by atoms with E-state index in [9.17, 15) is 18.0 Å². The van der Waals surface area contributed by atoms with Crippen LogP contribution in [0.3, 0.4) is 0 Å². The van der Waals surface area contributed by atoms with Crippen LogP contribution in [0, 0.1) is 35.2 Å². The lowest BCUT2D eigenvalue weighted by Crippen LogP contribution is -2.37. The van der Waals surface area contributed by atoms with Gasteiger partial charge >= 0.3 is 5.97 Å². The molecule has 148 valence electrons. The maximum Gasteiger partial charge on any atom is 0.335 e. The second-order valence-corrected chi connectivity index (χ2v) is 7.62. The molecule has 3 saturated carbocycles. The minimum atomic E-state index is -1.15. The van der Waals surface area contributed by atoms with E-state index in [0.29, 0.717) is 5.92 Å². The van der Waals surface area contributed by atoms with Gasteiger partial charge in [0.05, 0.1) is 5.92 Å². The van der Waals surface area contributed by atoms with Crippen LogP contribution in [-0.2, 0) is 9.63 Å². The Morgan fingerprint density at radius 1 is 1.11 bits per heavy atom. The predicted molar refractivity (Wildman–Crippen MR) is 95.6 cm³/mol. The van der Waals surface area contributed by atoms with Crippen molar-refractivity contribution >= 4 is 23.4 Å². The highest BCUT2D eigenvalue weighted by atomic mass is 35.5. The van der Waals surface area contributed by atoms with Crippen molar-refractivity contribution in [2.45, 2.75) is 32.1 Å². The van der Waals surface area contributed by atoms with Crippen molar-refractivity contribution < 1.29 is 22.8 Å². The predicted octanol–water partition coefficient (Wildman–Crippen LogP) is 4.91. The standard InChI is InChI=1S/C19H17ClF3N3O2/c20-19-24-16(11-5-6-13(21)14(22)8-11)15(23)17(25-19)26-28-18(27)12-7-9-1-3-10(12)4-2-9/h5-6,8-10,12H,1-4,7H2,(H,24,25,26). The van der Waals surface area contributed by atoms with Crippen molar-refractivity contribution in [3.63, 3.8) is 0 Å². The molecule has 9 heteroatoms. The zero-order valence-corrected chi connectivity index (χ0v) is 15.5. The Kier molecular flexibility index (Phi) is 5.14. The molecule has 0 spiro atoms. The summed E-state index contributed by atoms with van der Waals surface area (Å²) in [4.78, 5) is 24.9. The lowest BCUT2D eigenvalue weighted by Gasteiger charge is -2.40. The summed E-state index contributed by atoms with van der Waals surface area (Å²) in [5, 5.41) is -0.337. The molecule has 28 heavy (non-hydrogen) atoms. The number of halogens is 4. The van der Waals surface area contributed by atoms with Gasteiger partial charge in [-0.2, -0.15) is 10.5 Å². The average Bonchev–Trinajstić information content (AvgIpc) is 2.71. The highest BCUT2D eigenvalue weighted by Crippen LogP contribution is 2.45. The Balaban J connectivity index is 1.52. The van der Waals surface area contributed by atoms with E-state index < -0.39 is 29.2 Å². The van der Waals surface area contributed by atoms with Crippen LogP contribution >= 0.6 is 11.6 Å². The van der Waals surface area contributed by atoms with E-state index in [1.165, 1.54) is 0 Å². The third-order valence-corrected chi connectivity index (χ3v) is 5.78. The minimum Gasteiger partial charge on any atom is -0.342 e. The lowest BCUT2D eigenvalue weighted by atomic mass is 9.65. The molecule has 2 bridgehead atoms. The van der Waals surface area contributed by atoms with E-state index in [0.717, 1.165) is 50.3 Å². The first kappa shape index (κ1) is 19.0. The van der Waals surface area contributed by atoms with Crippen molar-refractivity contribution in [1.29, 1.82) is 0 Å². The monoisotopic (exact) mass is 411 g/mol. The van der Waals surface area contributed by atoms with Crippen LogP contribution in [0.2, 0.25) is 5.28 Å². The number of anilines is 1. The van der Waals surface area contributed by atoms with Gasteiger partial charge in [0.25, 0.3) is 0 Å². The van der Waals surface area contributed by atoms with Gasteiger partial charge in [0.2, 0.25) is 11.1 Å². The zero-order chi connectivity index (χ0) is 19.8. The van der Waals surface area contributed by atoms with Crippen LogP contribution in [0.25, 0.3) is 11.3 Å². The largest absolute Gasteiger partial charge is 0.342 e. The summed E-state index contributed by atoms with van der Waals surface area (Å²) < 4.78 is 41.4. The van der Waals surface area contributed by atoms with E-state index in [4.69, 9.17) is 16.4 Å². The van der Waals surface area contributed by atoms with Crippen LogP contribution in [0.4, 0.5) is 19.0 Å². The molecular weight excluding hydrogens is 395 g/mol. The van der Waals surface area contributed by atoms with Gasteiger partial charge in [0, 0.05) is 5.56 Å². The number of aromatic nitrogens is 2. The smallest absolute Gasteiger partial charge is 0.335 e. The van der Waals surface area contributed by atoms with Crippen molar-refractivity contribution in [2.24, 2.45) is 17.8 Å². The first-order valence-corrected chi connectivity index (χ1v) is 9.45. The fourth-order valence-corrected chi connectivity index (χ4v) is 4.33. The van der Waals surface area contributed by atoms with Crippen LogP contribution < -0.4 is 5.48 Å². The van der Waals surface area contributed by atoms with Crippen LogP contribution in [-0.4, -0.2) is 15.9 Å². The first-order chi connectivity index (χ1) is 13.4. The topological polar surface area (TPSA) is 64.1 Å². The Morgan fingerprint density at radius 2 is 1.86 bits per heavy atom. The fraction of sp³-hybridized carbons (Fsp3) is 0.421. The molecule has 1 atom stereocenters. The average molecular weight is 412 g/mol. The number of rotatable bonds is 4. The molecule has 1 aromatic carbocycles. The van der Waals surface area contributed by atoms with Gasteiger partial charge in [0.15, 0.2) is 17.5 Å². The molecule has 1 unspecified atom stereocenters. The number of nitrogens with zero attached hydrogens (tertiary/aromatic N) is 2. The second-order valence-electron chi connectivity index (χ2n) is 7.28. The highest BCUT2D eigenvalue weighted by Gasteiger charge is 2.40. The maximum atomic E-state index is 14.8. The van der Waals surface area contributed by atoms with Gasteiger partial charge < -0.3 is 4.84 Å². The van der Waals surface area contributed by atoms with E-state index >= 15 is 0 Å². The highest BCUT2D eigenvalue weighted by molar-refractivity contribution is 6.28. The quantitative estimate of drug-likeness (QED) is 0.572. The molecule has 1 N–H and O–H groups in total. The van der Waals surface area contributed by atoms with Gasteiger partial charge in [0.1, 0.15) is 5.69 Å². The van der Waals surface area contributed by atoms with Gasteiger partial charge in [-0.3, -0.25) is 0 Å². The molecule has 3 fully saturated rings. The summed E-state index contributed by atoms with van der Waals surface area (Å²) in [5.74, 6) is -3.52. The summed E-state index contributed by atoms with van der Waals surface area (Å²) in [6.45, 7) is 0. The molecule has 0 radical (unpaired) electrons. The van der Waals surface area contributed by atoms with E-state index in [2.05, 4.69) is 15.4 Å². The summed E-state index contributed by atoms with van der Waals surface area (Å²) in [6, 6.07) is 2.81. The lowest BCUT2D eigenvalue weighted by molar-refractivity contribution is -0.151. The first-order valence-electron chi connectivity index (χ1n) is 9.07. The molecule has 0 amide bonds. The molecule has 1 aromatic heterocycles. The number of nitrogens with one attached hydrogen (secondary N) is 1. The molecule has 5 rings (SSSR count). The van der Waals surface area contributed by atoms with Crippen molar-refractivity contribution in [3.05, 3.63) is 40.9 Å². The van der Waals surface area contributed by atoms with Gasteiger partial charge in [-0.25, -0.2) is 22.9 Å². The SMILES string of the molecule is O=C(ONc1nc(Cl)nc(-c2ccc(F)c(F)c2)c1F)C1CC2CCC1CC2. The molecule has 3 aliphatic rings. The number of hydrogen-bond acceptors (Lipinski definition) is 5. The molecular formula is C19H17ClF3N3O2. The maximum absolute atomic E-state index is 14.8. The van der Waals surface area contributed by atoms with Gasteiger partial charge in [-0.05, 0) is 60.9 Å². The fourth-order valence-electron chi connectivity index (χ4n) is 4.16. The molecule has 2 aromatic rings. The number of fused-ring (bicyclic) bond motifs is 3. The summed E-state index contributed by atoms with van der Waals surface area (Å²) in [7, 11) is 0. The summed E-state index contributed by atoms with van der Waals surface area (Å²) in [6.07, 6.45) is 5.04. The number of carbonyl (C=O) groups excluding carboxylic acids is 1. The third kappa shape index (κ3) is 3.65. The Labute approximate surface area is 164 Å². The van der Waals surface area contributed by atoms with E-state index in [1.807, 2.05) is 0 Å². The van der Waals surface area contributed by atoms with Crippen molar-refractivity contribution in [2.75, 3.05) is 5.48 Å². The Bertz CT molecular complexity index is 920. The minimum absolute atomic E-state index is 0.0281. The van der Waals surface area contributed by atoms with Gasteiger partial charge in [-0.15, -0.1) is 0 Å². The molecule has 5 nitrogen and oxygen atoms in total. The van der Waals surface area contributed by atoms with Crippen molar-refractivity contribution in [3.8, 4) is 11.3 Å². The molecule has 0 saturated heterocycles. The molecule has 0 aliphatic heterocycles. The zero-order valence-electron chi connectivity index (χ0n) is 14.7. The van der Waals surface area contributed by atoms with Gasteiger partial charge in [-0.1, -0.05) is 12.8 Å². The van der Waals surface area contributed by atoms with Crippen molar-refractivity contribution in [1.82, 2.24) is 9.97 Å².